The number of pyridine rings is 1. The van der Waals surface area contributed by atoms with E-state index in [1.807, 2.05) is 6.92 Å². The van der Waals surface area contributed by atoms with E-state index in [9.17, 15) is 4.79 Å². The topological polar surface area (TPSA) is 72.1 Å². The third kappa shape index (κ3) is 3.21. The van der Waals surface area contributed by atoms with Crippen LogP contribution in [0.2, 0.25) is 5.15 Å². The van der Waals surface area contributed by atoms with Gasteiger partial charge in [-0.25, -0.2) is 9.97 Å². The van der Waals surface area contributed by atoms with Crippen LogP contribution < -0.4 is 5.73 Å². The predicted octanol–water partition coefficient (Wildman–Crippen LogP) is 2.35. The summed E-state index contributed by atoms with van der Waals surface area (Å²) < 4.78 is 0. The lowest BCUT2D eigenvalue weighted by atomic mass is 10.2. The van der Waals surface area contributed by atoms with Gasteiger partial charge < -0.3 is 10.6 Å². The van der Waals surface area contributed by atoms with Gasteiger partial charge in [-0.05, 0) is 13.0 Å². The van der Waals surface area contributed by atoms with Crippen LogP contribution >= 0.6 is 22.9 Å². The summed E-state index contributed by atoms with van der Waals surface area (Å²) in [5, 5.41) is 1.13. The first kappa shape index (κ1) is 13.8. The molecule has 0 saturated carbocycles. The van der Waals surface area contributed by atoms with Crippen LogP contribution in [0.3, 0.4) is 0 Å². The monoisotopic (exact) mass is 296 g/mol. The van der Waals surface area contributed by atoms with Gasteiger partial charge >= 0.3 is 0 Å². The fourth-order valence-electron chi connectivity index (χ4n) is 1.60. The fourth-order valence-corrected chi connectivity index (χ4v) is 2.64. The molecular weight excluding hydrogens is 284 g/mol. The molecule has 2 N–H and O–H groups in total. The molecule has 0 aliphatic carbocycles. The minimum Gasteiger partial charge on any atom is -0.397 e. The molecule has 0 radical (unpaired) electrons. The van der Waals surface area contributed by atoms with Crippen molar-refractivity contribution in [1.29, 1.82) is 0 Å². The van der Waals surface area contributed by atoms with Gasteiger partial charge in [0.15, 0.2) is 0 Å². The zero-order chi connectivity index (χ0) is 14.0. The van der Waals surface area contributed by atoms with Crippen molar-refractivity contribution in [2.24, 2.45) is 0 Å². The zero-order valence-electron chi connectivity index (χ0n) is 10.6. The average Bonchev–Trinajstić information content (AvgIpc) is 2.77. The molecule has 2 aromatic rings. The Kier molecular flexibility index (Phi) is 4.01. The Labute approximate surface area is 120 Å². The van der Waals surface area contributed by atoms with Crippen LogP contribution in [0.15, 0.2) is 18.5 Å². The van der Waals surface area contributed by atoms with Gasteiger partial charge in [-0.2, -0.15) is 0 Å². The molecule has 0 unspecified atom stereocenters. The number of hydrogen-bond acceptors (Lipinski definition) is 5. The summed E-state index contributed by atoms with van der Waals surface area (Å²) in [6.07, 6.45) is 3.19. The van der Waals surface area contributed by atoms with E-state index in [2.05, 4.69) is 9.97 Å². The van der Waals surface area contributed by atoms with E-state index in [0.29, 0.717) is 17.8 Å². The Hall–Kier alpha value is -1.66. The maximum atomic E-state index is 12.3. The van der Waals surface area contributed by atoms with Crippen LogP contribution in [0.25, 0.3) is 0 Å². The van der Waals surface area contributed by atoms with Crippen LogP contribution in [-0.4, -0.2) is 27.8 Å². The van der Waals surface area contributed by atoms with Gasteiger partial charge in [0.05, 0.1) is 29.0 Å². The molecule has 5 nitrogen and oxygen atoms in total. The first-order valence-corrected chi connectivity index (χ1v) is 6.74. The summed E-state index contributed by atoms with van der Waals surface area (Å²) >= 11 is 7.48. The molecule has 0 atom stereocenters. The van der Waals surface area contributed by atoms with E-state index in [1.165, 1.54) is 12.3 Å². The number of rotatable bonds is 3. The molecule has 1 amide bonds. The molecule has 0 spiro atoms. The number of amides is 1. The minimum atomic E-state index is -0.212. The van der Waals surface area contributed by atoms with Crippen LogP contribution in [-0.2, 0) is 6.54 Å². The van der Waals surface area contributed by atoms with Crippen LogP contribution in [0.1, 0.15) is 20.2 Å². The van der Waals surface area contributed by atoms with Crippen molar-refractivity contribution in [2.45, 2.75) is 13.5 Å². The fraction of sp³-hybridized carbons (Fsp3) is 0.250. The van der Waals surface area contributed by atoms with Gasteiger partial charge in [0.25, 0.3) is 5.91 Å². The number of carbonyl (C=O) groups is 1. The molecular formula is C12H13ClN4OS. The Morgan fingerprint density at radius 3 is 2.84 bits per heavy atom. The molecule has 0 bridgehead atoms. The zero-order valence-corrected chi connectivity index (χ0v) is 12.1. The summed E-state index contributed by atoms with van der Waals surface area (Å²) in [6, 6.07) is 1.53. The van der Waals surface area contributed by atoms with Crippen molar-refractivity contribution in [3.63, 3.8) is 0 Å². The van der Waals surface area contributed by atoms with E-state index >= 15 is 0 Å². The molecule has 19 heavy (non-hydrogen) atoms. The molecule has 2 heterocycles. The normalized spacial score (nSPS) is 10.5. The van der Waals surface area contributed by atoms with Gasteiger partial charge in [0, 0.05) is 18.1 Å². The number of carbonyl (C=O) groups excluding carboxylic acids is 1. The van der Waals surface area contributed by atoms with Crippen molar-refractivity contribution < 1.29 is 4.79 Å². The van der Waals surface area contributed by atoms with Crippen molar-refractivity contribution in [1.82, 2.24) is 14.9 Å². The largest absolute Gasteiger partial charge is 0.397 e. The van der Waals surface area contributed by atoms with Gasteiger partial charge in [-0.1, -0.05) is 11.6 Å². The van der Waals surface area contributed by atoms with Gasteiger partial charge in [0.2, 0.25) is 0 Å². The Morgan fingerprint density at radius 2 is 2.21 bits per heavy atom. The number of nitrogens with zero attached hydrogens (tertiary/aromatic N) is 3. The summed E-state index contributed by atoms with van der Waals surface area (Å²) in [4.78, 5) is 22.9. The number of thiazole rings is 1. The van der Waals surface area contributed by atoms with E-state index in [0.717, 1.165) is 9.88 Å². The molecule has 0 aliphatic heterocycles. The highest BCUT2D eigenvalue weighted by molar-refractivity contribution is 7.11. The minimum absolute atomic E-state index is 0.159. The summed E-state index contributed by atoms with van der Waals surface area (Å²) in [6.45, 7) is 2.41. The second-order valence-electron chi connectivity index (χ2n) is 4.11. The lowest BCUT2D eigenvalue weighted by Crippen LogP contribution is -2.26. The van der Waals surface area contributed by atoms with Crippen LogP contribution in [0, 0.1) is 6.92 Å². The van der Waals surface area contributed by atoms with Gasteiger partial charge in [0.1, 0.15) is 5.15 Å². The summed E-state index contributed by atoms with van der Waals surface area (Å²) in [5.41, 5.74) is 6.34. The first-order valence-electron chi connectivity index (χ1n) is 5.55. The van der Waals surface area contributed by atoms with Crippen molar-refractivity contribution in [3.8, 4) is 0 Å². The molecule has 0 aliphatic rings. The second-order valence-corrected chi connectivity index (χ2v) is 5.79. The molecule has 100 valence electrons. The van der Waals surface area contributed by atoms with Gasteiger partial charge in [-0.15, -0.1) is 11.3 Å². The number of nitrogens with two attached hydrogens (primary N) is 1. The Balaban J connectivity index is 2.16. The van der Waals surface area contributed by atoms with E-state index in [1.54, 1.807) is 29.5 Å². The van der Waals surface area contributed by atoms with Gasteiger partial charge in [-0.3, -0.25) is 4.79 Å². The number of aryl methyl sites for hydroxylation is 1. The molecule has 0 aromatic carbocycles. The average molecular weight is 297 g/mol. The standard InChI is InChI=1S/C12H13ClN4OS/c1-7-15-5-9(19-7)6-17(2)12(18)10-3-8(14)4-16-11(10)13/h3-5H,6,14H2,1-2H3. The number of aromatic nitrogens is 2. The molecule has 0 fully saturated rings. The summed E-state index contributed by atoms with van der Waals surface area (Å²) in [7, 11) is 1.71. The summed E-state index contributed by atoms with van der Waals surface area (Å²) in [5.74, 6) is -0.212. The maximum absolute atomic E-state index is 12.3. The van der Waals surface area contributed by atoms with Crippen LogP contribution in [0.4, 0.5) is 5.69 Å². The van der Waals surface area contributed by atoms with E-state index in [-0.39, 0.29) is 11.1 Å². The predicted molar refractivity (Wildman–Crippen MR) is 76.3 cm³/mol. The second kappa shape index (κ2) is 5.54. The van der Waals surface area contributed by atoms with E-state index < -0.39 is 0 Å². The van der Waals surface area contributed by atoms with Crippen molar-refractivity contribution >= 4 is 34.5 Å². The number of hydrogen-bond donors (Lipinski definition) is 1. The lowest BCUT2D eigenvalue weighted by Gasteiger charge is -2.16. The number of nitrogen functional groups attached to an aromatic ring is 1. The van der Waals surface area contributed by atoms with Crippen molar-refractivity contribution in [3.05, 3.63) is 39.1 Å². The highest BCUT2D eigenvalue weighted by Crippen LogP contribution is 2.19. The molecule has 0 saturated heterocycles. The third-order valence-corrected chi connectivity index (χ3v) is 3.70. The number of halogens is 1. The van der Waals surface area contributed by atoms with Crippen molar-refractivity contribution in [2.75, 3.05) is 12.8 Å². The Morgan fingerprint density at radius 1 is 1.47 bits per heavy atom. The highest BCUT2D eigenvalue weighted by atomic mass is 35.5. The maximum Gasteiger partial charge on any atom is 0.257 e. The highest BCUT2D eigenvalue weighted by Gasteiger charge is 2.17. The molecule has 2 rings (SSSR count). The van der Waals surface area contributed by atoms with E-state index in [4.69, 9.17) is 17.3 Å². The molecule has 7 heteroatoms. The quantitative estimate of drug-likeness (QED) is 0.883. The molecule has 2 aromatic heterocycles. The number of anilines is 1. The first-order chi connectivity index (χ1) is 8.97. The SMILES string of the molecule is Cc1ncc(CN(C)C(=O)c2cc(N)cnc2Cl)s1. The Bertz CT molecular complexity index is 614. The smallest absolute Gasteiger partial charge is 0.257 e. The van der Waals surface area contributed by atoms with Crippen LogP contribution in [0.5, 0.6) is 0 Å². The lowest BCUT2D eigenvalue weighted by molar-refractivity contribution is 0.0786. The third-order valence-electron chi connectivity index (χ3n) is 2.50.